The zero-order valence-corrected chi connectivity index (χ0v) is 6.03. The predicted octanol–water partition coefficient (Wildman–Crippen LogP) is -0.268. The van der Waals surface area contributed by atoms with Gasteiger partial charge in [0.05, 0.1) is 0 Å². The fourth-order valence-electron chi connectivity index (χ4n) is 0.452. The van der Waals surface area contributed by atoms with Crippen LogP contribution < -0.4 is 10.6 Å². The van der Waals surface area contributed by atoms with Crippen LogP contribution in [0.25, 0.3) is 0 Å². The topological polar surface area (TPSA) is 41.1 Å². The second-order valence-electron chi connectivity index (χ2n) is 1.81. The smallest absolute Gasteiger partial charge is 0.219 e. The Bertz CT molecular complexity index is 83.1. The molecule has 0 radical (unpaired) electrons. The van der Waals surface area contributed by atoms with Gasteiger partial charge in [0, 0.05) is 19.5 Å². The van der Waals surface area contributed by atoms with E-state index in [1.54, 1.807) is 0 Å². The first-order valence-electron chi connectivity index (χ1n) is 3.22. The summed E-state index contributed by atoms with van der Waals surface area (Å²) in [7, 11) is 1.86. The summed E-state index contributed by atoms with van der Waals surface area (Å²) in [5, 5.41) is 5.66. The SMILES string of the molecule is CCC(=O)NCCNC. The summed E-state index contributed by atoms with van der Waals surface area (Å²) in [5.41, 5.74) is 0. The number of nitrogens with one attached hydrogen (secondary N) is 2. The number of carbonyl (C=O) groups is 1. The van der Waals surface area contributed by atoms with Crippen LogP contribution in [0.2, 0.25) is 0 Å². The van der Waals surface area contributed by atoms with Gasteiger partial charge in [-0.1, -0.05) is 6.92 Å². The van der Waals surface area contributed by atoms with Gasteiger partial charge >= 0.3 is 0 Å². The van der Waals surface area contributed by atoms with Gasteiger partial charge in [0.25, 0.3) is 0 Å². The quantitative estimate of drug-likeness (QED) is 0.514. The van der Waals surface area contributed by atoms with E-state index in [1.165, 1.54) is 0 Å². The van der Waals surface area contributed by atoms with Crippen molar-refractivity contribution in [2.24, 2.45) is 0 Å². The van der Waals surface area contributed by atoms with Gasteiger partial charge in [-0.15, -0.1) is 0 Å². The molecule has 0 aromatic rings. The second-order valence-corrected chi connectivity index (χ2v) is 1.81. The van der Waals surface area contributed by atoms with Crippen LogP contribution in [0.5, 0.6) is 0 Å². The third kappa shape index (κ3) is 5.30. The van der Waals surface area contributed by atoms with Gasteiger partial charge in [-0.25, -0.2) is 0 Å². The van der Waals surface area contributed by atoms with Gasteiger partial charge < -0.3 is 10.6 Å². The predicted molar refractivity (Wildman–Crippen MR) is 37.2 cm³/mol. The van der Waals surface area contributed by atoms with Crippen LogP contribution in [0, 0.1) is 0 Å². The van der Waals surface area contributed by atoms with Gasteiger partial charge in [0.15, 0.2) is 0 Å². The molecule has 0 atom stereocenters. The molecule has 9 heavy (non-hydrogen) atoms. The van der Waals surface area contributed by atoms with E-state index in [0.29, 0.717) is 6.42 Å². The van der Waals surface area contributed by atoms with Crippen molar-refractivity contribution in [3.63, 3.8) is 0 Å². The van der Waals surface area contributed by atoms with Crippen molar-refractivity contribution < 1.29 is 4.79 Å². The molecule has 0 fully saturated rings. The Kier molecular flexibility index (Phi) is 5.21. The first kappa shape index (κ1) is 8.43. The molecule has 1 amide bonds. The maximum atomic E-state index is 10.5. The van der Waals surface area contributed by atoms with Crippen molar-refractivity contribution in [1.82, 2.24) is 10.6 Å². The van der Waals surface area contributed by atoms with E-state index in [2.05, 4.69) is 10.6 Å². The summed E-state index contributed by atoms with van der Waals surface area (Å²) in [5.74, 6) is 0.116. The van der Waals surface area contributed by atoms with E-state index in [1.807, 2.05) is 14.0 Å². The third-order valence-corrected chi connectivity index (χ3v) is 1.02. The summed E-state index contributed by atoms with van der Waals surface area (Å²) >= 11 is 0. The molecule has 0 rings (SSSR count). The van der Waals surface area contributed by atoms with Crippen molar-refractivity contribution in [2.75, 3.05) is 20.1 Å². The van der Waals surface area contributed by atoms with Crippen molar-refractivity contribution in [3.8, 4) is 0 Å². The maximum Gasteiger partial charge on any atom is 0.219 e. The van der Waals surface area contributed by atoms with Crippen LogP contribution in [0.4, 0.5) is 0 Å². The highest BCUT2D eigenvalue weighted by molar-refractivity contribution is 5.75. The standard InChI is InChI=1S/C6H14N2O/c1-3-6(9)8-5-4-7-2/h7H,3-5H2,1-2H3,(H,8,9). The van der Waals surface area contributed by atoms with E-state index < -0.39 is 0 Å². The number of hydrogen-bond donors (Lipinski definition) is 2. The van der Waals surface area contributed by atoms with E-state index in [9.17, 15) is 4.79 Å². The van der Waals surface area contributed by atoms with E-state index >= 15 is 0 Å². The number of amides is 1. The molecule has 0 aromatic carbocycles. The molecule has 0 heterocycles. The molecule has 54 valence electrons. The number of hydrogen-bond acceptors (Lipinski definition) is 2. The summed E-state index contributed by atoms with van der Waals surface area (Å²) < 4.78 is 0. The van der Waals surface area contributed by atoms with E-state index in [-0.39, 0.29) is 5.91 Å². The van der Waals surface area contributed by atoms with Crippen LogP contribution in [0.1, 0.15) is 13.3 Å². The number of rotatable bonds is 4. The largest absolute Gasteiger partial charge is 0.355 e. The summed E-state index contributed by atoms with van der Waals surface area (Å²) in [6.45, 7) is 3.41. The minimum Gasteiger partial charge on any atom is -0.355 e. The highest BCUT2D eigenvalue weighted by Gasteiger charge is 1.91. The van der Waals surface area contributed by atoms with E-state index in [4.69, 9.17) is 0 Å². The van der Waals surface area contributed by atoms with Gasteiger partial charge in [0.2, 0.25) is 5.91 Å². The van der Waals surface area contributed by atoms with Crippen LogP contribution in [-0.4, -0.2) is 26.0 Å². The van der Waals surface area contributed by atoms with Crippen molar-refractivity contribution in [2.45, 2.75) is 13.3 Å². The minimum atomic E-state index is 0.116. The third-order valence-electron chi connectivity index (χ3n) is 1.02. The molecule has 2 N–H and O–H groups in total. The van der Waals surface area contributed by atoms with Crippen molar-refractivity contribution in [1.29, 1.82) is 0 Å². The van der Waals surface area contributed by atoms with Crippen molar-refractivity contribution >= 4 is 5.91 Å². The highest BCUT2D eigenvalue weighted by Crippen LogP contribution is 1.71. The Labute approximate surface area is 55.8 Å². The number of carbonyl (C=O) groups excluding carboxylic acids is 1. The Balaban J connectivity index is 2.97. The molecule has 3 nitrogen and oxygen atoms in total. The van der Waals surface area contributed by atoms with E-state index in [0.717, 1.165) is 13.1 Å². The molecule has 0 spiro atoms. The van der Waals surface area contributed by atoms with Crippen LogP contribution in [0.15, 0.2) is 0 Å². The molecular formula is C6H14N2O. The average molecular weight is 130 g/mol. The van der Waals surface area contributed by atoms with Crippen LogP contribution in [0.3, 0.4) is 0 Å². The van der Waals surface area contributed by atoms with Gasteiger partial charge in [-0.2, -0.15) is 0 Å². The molecule has 0 aromatic heterocycles. The van der Waals surface area contributed by atoms with Crippen molar-refractivity contribution in [3.05, 3.63) is 0 Å². The molecule has 0 aliphatic heterocycles. The lowest BCUT2D eigenvalue weighted by molar-refractivity contribution is -0.120. The fourth-order valence-corrected chi connectivity index (χ4v) is 0.452. The maximum absolute atomic E-state index is 10.5. The van der Waals surface area contributed by atoms with Gasteiger partial charge in [0.1, 0.15) is 0 Å². The molecule has 0 saturated carbocycles. The molecule has 0 bridgehead atoms. The molecular weight excluding hydrogens is 116 g/mol. The summed E-state index contributed by atoms with van der Waals surface area (Å²) in [6, 6.07) is 0. The Morgan fingerprint density at radius 3 is 2.56 bits per heavy atom. The Hall–Kier alpha value is -0.570. The molecule has 0 saturated heterocycles. The van der Waals surface area contributed by atoms with Gasteiger partial charge in [-0.05, 0) is 7.05 Å². The van der Waals surface area contributed by atoms with Gasteiger partial charge in [-0.3, -0.25) is 4.79 Å². The first-order chi connectivity index (χ1) is 4.31. The molecule has 0 unspecified atom stereocenters. The summed E-state index contributed by atoms with van der Waals surface area (Å²) in [6.07, 6.45) is 0.573. The Morgan fingerprint density at radius 1 is 1.44 bits per heavy atom. The fraction of sp³-hybridized carbons (Fsp3) is 0.833. The minimum absolute atomic E-state index is 0.116. The molecule has 3 heteroatoms. The molecule has 0 aliphatic carbocycles. The van der Waals surface area contributed by atoms with Crippen LogP contribution >= 0.6 is 0 Å². The highest BCUT2D eigenvalue weighted by atomic mass is 16.1. The zero-order chi connectivity index (χ0) is 7.11. The van der Waals surface area contributed by atoms with Crippen LogP contribution in [-0.2, 0) is 4.79 Å². The summed E-state index contributed by atoms with van der Waals surface area (Å²) in [4.78, 5) is 10.5. The second kappa shape index (κ2) is 5.56. The Morgan fingerprint density at radius 2 is 2.11 bits per heavy atom. The monoisotopic (exact) mass is 130 g/mol. The first-order valence-corrected chi connectivity index (χ1v) is 3.22. The lowest BCUT2D eigenvalue weighted by Crippen LogP contribution is -2.29. The zero-order valence-electron chi connectivity index (χ0n) is 6.03. The average Bonchev–Trinajstić information content (AvgIpc) is 1.89. The number of likely N-dealkylation sites (N-methyl/N-ethyl adjacent to an activating group) is 1. The lowest BCUT2D eigenvalue weighted by Gasteiger charge is -2.00. The molecule has 0 aliphatic rings. The normalized spacial score (nSPS) is 9.11. The lowest BCUT2D eigenvalue weighted by atomic mass is 10.4.